The molecule has 0 amide bonds. The first-order valence-electron chi connectivity index (χ1n) is 8.33. The molecule has 2 aromatic rings. The number of ether oxygens (including phenoxy) is 1. The van der Waals surface area contributed by atoms with E-state index in [0.29, 0.717) is 23.8 Å². The Labute approximate surface area is 142 Å². The van der Waals surface area contributed by atoms with Crippen LogP contribution in [0.3, 0.4) is 0 Å². The lowest BCUT2D eigenvalue weighted by Crippen LogP contribution is -2.34. The topological polar surface area (TPSA) is 56.5 Å². The van der Waals surface area contributed by atoms with Crippen LogP contribution in [0.4, 0.5) is 0 Å². The molecule has 0 unspecified atom stereocenters. The van der Waals surface area contributed by atoms with Crippen LogP contribution in [0.15, 0.2) is 54.6 Å². The van der Waals surface area contributed by atoms with Gasteiger partial charge in [-0.3, -0.25) is 0 Å². The number of β-amino-alcohol motifs (C(OH)–C–C–N with tert-alkyl or cyclic N) is 1. The van der Waals surface area contributed by atoms with E-state index in [4.69, 9.17) is 10.00 Å². The SMILES string of the molecule is N#Cc1ccc(OC[C@H](O)CN2CC[C@@H](c3ccccc3)C2)cc1. The van der Waals surface area contributed by atoms with Crippen molar-refractivity contribution < 1.29 is 9.84 Å². The van der Waals surface area contributed by atoms with Crippen molar-refractivity contribution in [1.29, 1.82) is 5.26 Å². The highest BCUT2D eigenvalue weighted by atomic mass is 16.5. The number of nitrogens with zero attached hydrogens (tertiary/aromatic N) is 2. The molecule has 4 heteroatoms. The number of likely N-dealkylation sites (tertiary alicyclic amines) is 1. The number of benzene rings is 2. The van der Waals surface area contributed by atoms with E-state index in [0.717, 1.165) is 19.5 Å². The Bertz CT molecular complexity index is 679. The van der Waals surface area contributed by atoms with Crippen LogP contribution in [0.1, 0.15) is 23.5 Å². The highest BCUT2D eigenvalue weighted by Crippen LogP contribution is 2.26. The van der Waals surface area contributed by atoms with Gasteiger partial charge in [-0.15, -0.1) is 0 Å². The zero-order chi connectivity index (χ0) is 16.8. The Morgan fingerprint density at radius 2 is 1.92 bits per heavy atom. The molecule has 1 N–H and O–H groups in total. The van der Waals surface area contributed by atoms with E-state index in [9.17, 15) is 5.11 Å². The zero-order valence-electron chi connectivity index (χ0n) is 13.6. The van der Waals surface area contributed by atoms with Crippen LogP contribution in [0, 0.1) is 11.3 Å². The smallest absolute Gasteiger partial charge is 0.119 e. The van der Waals surface area contributed by atoms with Gasteiger partial charge in [0.2, 0.25) is 0 Å². The fraction of sp³-hybridized carbons (Fsp3) is 0.350. The van der Waals surface area contributed by atoms with Crippen molar-refractivity contribution in [2.24, 2.45) is 0 Å². The molecule has 1 fully saturated rings. The molecule has 0 spiro atoms. The molecule has 124 valence electrons. The summed E-state index contributed by atoms with van der Waals surface area (Å²) >= 11 is 0. The lowest BCUT2D eigenvalue weighted by atomic mass is 9.99. The first kappa shape index (κ1) is 16.5. The number of aliphatic hydroxyl groups is 1. The number of nitriles is 1. The second-order valence-corrected chi connectivity index (χ2v) is 6.26. The summed E-state index contributed by atoms with van der Waals surface area (Å²) < 4.78 is 5.60. The van der Waals surface area contributed by atoms with Crippen LogP contribution in [0.25, 0.3) is 0 Å². The summed E-state index contributed by atoms with van der Waals surface area (Å²) in [4.78, 5) is 2.30. The van der Waals surface area contributed by atoms with Crippen molar-refractivity contribution in [2.45, 2.75) is 18.4 Å². The Morgan fingerprint density at radius 3 is 2.62 bits per heavy atom. The van der Waals surface area contributed by atoms with Crippen LogP contribution in [-0.4, -0.2) is 42.4 Å². The van der Waals surface area contributed by atoms with Crippen LogP contribution >= 0.6 is 0 Å². The minimum atomic E-state index is -0.518. The summed E-state index contributed by atoms with van der Waals surface area (Å²) in [7, 11) is 0. The standard InChI is InChI=1S/C20H22N2O2/c21-12-16-6-8-20(9-7-16)24-15-19(23)14-22-11-10-18(13-22)17-4-2-1-3-5-17/h1-9,18-19,23H,10-11,13-15H2/t18-,19-/m1/s1. The molecule has 24 heavy (non-hydrogen) atoms. The zero-order valence-corrected chi connectivity index (χ0v) is 13.6. The molecule has 2 atom stereocenters. The van der Waals surface area contributed by atoms with Crippen LogP contribution < -0.4 is 4.74 Å². The molecule has 3 rings (SSSR count). The van der Waals surface area contributed by atoms with Crippen molar-refractivity contribution in [1.82, 2.24) is 4.90 Å². The third-order valence-corrected chi connectivity index (χ3v) is 4.44. The maximum Gasteiger partial charge on any atom is 0.119 e. The molecular formula is C20H22N2O2. The lowest BCUT2D eigenvalue weighted by Gasteiger charge is -2.20. The van der Waals surface area contributed by atoms with Gasteiger partial charge in [-0.05, 0) is 48.7 Å². The van der Waals surface area contributed by atoms with E-state index in [1.807, 2.05) is 6.07 Å². The molecule has 1 aliphatic rings. The average molecular weight is 322 g/mol. The van der Waals surface area contributed by atoms with E-state index in [1.165, 1.54) is 5.56 Å². The first-order chi connectivity index (χ1) is 11.7. The van der Waals surface area contributed by atoms with Crippen molar-refractivity contribution in [3.63, 3.8) is 0 Å². The van der Waals surface area contributed by atoms with Crippen LogP contribution in [-0.2, 0) is 0 Å². The molecule has 0 radical (unpaired) electrons. The normalized spacial score (nSPS) is 18.9. The molecule has 0 saturated carbocycles. The average Bonchev–Trinajstić information content (AvgIpc) is 3.09. The second kappa shape index (κ2) is 7.96. The van der Waals surface area contributed by atoms with E-state index in [-0.39, 0.29) is 6.61 Å². The molecule has 0 aromatic heterocycles. The second-order valence-electron chi connectivity index (χ2n) is 6.26. The van der Waals surface area contributed by atoms with Crippen molar-refractivity contribution in [2.75, 3.05) is 26.2 Å². The Morgan fingerprint density at radius 1 is 1.17 bits per heavy atom. The van der Waals surface area contributed by atoms with Crippen LogP contribution in [0.5, 0.6) is 5.75 Å². The van der Waals surface area contributed by atoms with Gasteiger partial charge < -0.3 is 14.7 Å². The highest BCUT2D eigenvalue weighted by molar-refractivity contribution is 5.34. The monoisotopic (exact) mass is 322 g/mol. The fourth-order valence-electron chi connectivity index (χ4n) is 3.16. The maximum atomic E-state index is 10.2. The number of aliphatic hydroxyl groups excluding tert-OH is 1. The van der Waals surface area contributed by atoms with Crippen molar-refractivity contribution >= 4 is 0 Å². The van der Waals surface area contributed by atoms with Gasteiger partial charge in [0.1, 0.15) is 18.5 Å². The summed E-state index contributed by atoms with van der Waals surface area (Å²) in [6, 6.07) is 19.6. The van der Waals surface area contributed by atoms with Crippen molar-refractivity contribution in [3.05, 3.63) is 65.7 Å². The number of rotatable bonds is 6. The summed E-state index contributed by atoms with van der Waals surface area (Å²) in [5, 5.41) is 19.0. The number of hydrogen-bond donors (Lipinski definition) is 1. The molecule has 1 aliphatic heterocycles. The van der Waals surface area contributed by atoms with Gasteiger partial charge in [0.15, 0.2) is 0 Å². The summed E-state index contributed by atoms with van der Waals surface area (Å²) in [6.45, 7) is 2.88. The fourth-order valence-corrected chi connectivity index (χ4v) is 3.16. The highest BCUT2D eigenvalue weighted by Gasteiger charge is 2.25. The molecule has 2 aromatic carbocycles. The summed E-state index contributed by atoms with van der Waals surface area (Å²) in [5.41, 5.74) is 1.98. The van der Waals surface area contributed by atoms with Gasteiger partial charge >= 0.3 is 0 Å². The van der Waals surface area contributed by atoms with Gasteiger partial charge in [-0.2, -0.15) is 5.26 Å². The lowest BCUT2D eigenvalue weighted by molar-refractivity contribution is 0.0754. The van der Waals surface area contributed by atoms with Crippen LogP contribution in [0.2, 0.25) is 0 Å². The van der Waals surface area contributed by atoms with E-state index < -0.39 is 6.10 Å². The molecule has 0 bridgehead atoms. The van der Waals surface area contributed by atoms with Gasteiger partial charge in [-0.25, -0.2) is 0 Å². The summed E-state index contributed by atoms with van der Waals surface area (Å²) in [5.74, 6) is 1.23. The first-order valence-corrected chi connectivity index (χ1v) is 8.33. The Kier molecular flexibility index (Phi) is 5.47. The number of hydrogen-bond acceptors (Lipinski definition) is 4. The van der Waals surface area contributed by atoms with Gasteiger partial charge in [0.05, 0.1) is 11.6 Å². The molecule has 1 saturated heterocycles. The third-order valence-electron chi connectivity index (χ3n) is 4.44. The third kappa shape index (κ3) is 4.35. The van der Waals surface area contributed by atoms with Gasteiger partial charge in [-0.1, -0.05) is 30.3 Å². The minimum absolute atomic E-state index is 0.262. The molecule has 4 nitrogen and oxygen atoms in total. The van der Waals surface area contributed by atoms with E-state index in [2.05, 4.69) is 35.2 Å². The van der Waals surface area contributed by atoms with E-state index in [1.54, 1.807) is 24.3 Å². The predicted octanol–water partition coefficient (Wildman–Crippen LogP) is 2.79. The molecule has 0 aliphatic carbocycles. The predicted molar refractivity (Wildman–Crippen MR) is 92.9 cm³/mol. The largest absolute Gasteiger partial charge is 0.491 e. The minimum Gasteiger partial charge on any atom is -0.491 e. The summed E-state index contributed by atoms with van der Waals surface area (Å²) in [6.07, 6.45) is 0.614. The van der Waals surface area contributed by atoms with Gasteiger partial charge in [0, 0.05) is 13.1 Å². The Hall–Kier alpha value is -2.35. The molecular weight excluding hydrogens is 300 g/mol. The van der Waals surface area contributed by atoms with Gasteiger partial charge in [0.25, 0.3) is 0 Å². The van der Waals surface area contributed by atoms with Crippen molar-refractivity contribution in [3.8, 4) is 11.8 Å². The Balaban J connectivity index is 1.44. The quantitative estimate of drug-likeness (QED) is 0.888. The van der Waals surface area contributed by atoms with E-state index >= 15 is 0 Å². The molecule has 1 heterocycles. The maximum absolute atomic E-state index is 10.2.